The number of nitrogen functional groups attached to an aromatic ring is 1. The number of hydrogen-bond donors (Lipinski definition) is 2. The molecule has 0 saturated heterocycles. The van der Waals surface area contributed by atoms with E-state index in [4.69, 9.17) is 10.8 Å². The van der Waals surface area contributed by atoms with Gasteiger partial charge in [0.15, 0.2) is 5.13 Å². The van der Waals surface area contributed by atoms with Crippen molar-refractivity contribution in [1.29, 1.82) is 0 Å². The van der Waals surface area contributed by atoms with E-state index in [-0.39, 0.29) is 13.2 Å². The molecular formula is C10H16F3N3O2S. The van der Waals surface area contributed by atoms with Gasteiger partial charge in [-0.2, -0.15) is 13.2 Å². The van der Waals surface area contributed by atoms with Gasteiger partial charge < -0.3 is 15.6 Å². The number of rotatable bonds is 8. The van der Waals surface area contributed by atoms with Crippen LogP contribution in [0.2, 0.25) is 0 Å². The molecule has 0 atom stereocenters. The Morgan fingerprint density at radius 1 is 1.42 bits per heavy atom. The fraction of sp³-hybridized carbons (Fsp3) is 0.700. The first-order valence-corrected chi connectivity index (χ1v) is 6.40. The lowest BCUT2D eigenvalue weighted by Crippen LogP contribution is -2.31. The molecule has 1 aromatic heterocycles. The van der Waals surface area contributed by atoms with Crippen molar-refractivity contribution < 1.29 is 23.0 Å². The van der Waals surface area contributed by atoms with Crippen molar-refractivity contribution in [1.82, 2.24) is 9.88 Å². The SMILES string of the molecule is Nc1ncc(CN(CCO)CCOCC(F)(F)F)s1. The molecule has 0 saturated carbocycles. The molecule has 19 heavy (non-hydrogen) atoms. The summed E-state index contributed by atoms with van der Waals surface area (Å²) in [6.07, 6.45) is -2.70. The van der Waals surface area contributed by atoms with Crippen molar-refractivity contribution in [2.24, 2.45) is 0 Å². The number of nitrogens with two attached hydrogens (primary N) is 1. The molecule has 0 fully saturated rings. The van der Waals surface area contributed by atoms with Crippen LogP contribution in [-0.4, -0.2) is 54.1 Å². The maximum absolute atomic E-state index is 11.9. The maximum Gasteiger partial charge on any atom is 0.411 e. The minimum atomic E-state index is -4.31. The van der Waals surface area contributed by atoms with Gasteiger partial charge in [0.1, 0.15) is 6.61 Å². The Morgan fingerprint density at radius 2 is 2.16 bits per heavy atom. The van der Waals surface area contributed by atoms with Crippen LogP contribution in [0.15, 0.2) is 6.20 Å². The lowest BCUT2D eigenvalue weighted by Gasteiger charge is -2.20. The summed E-state index contributed by atoms with van der Waals surface area (Å²) in [5, 5.41) is 9.34. The zero-order valence-corrected chi connectivity index (χ0v) is 11.0. The Bertz CT molecular complexity index is 373. The minimum Gasteiger partial charge on any atom is -0.395 e. The third-order valence-corrected chi connectivity index (χ3v) is 3.00. The third-order valence-electron chi connectivity index (χ3n) is 2.18. The van der Waals surface area contributed by atoms with Crippen LogP contribution in [0.25, 0.3) is 0 Å². The van der Waals surface area contributed by atoms with Crippen LogP contribution in [0.3, 0.4) is 0 Å². The topological polar surface area (TPSA) is 71.6 Å². The Kier molecular flexibility index (Phi) is 6.49. The number of thiazole rings is 1. The molecule has 0 amide bonds. The molecule has 1 rings (SSSR count). The fourth-order valence-corrected chi connectivity index (χ4v) is 2.14. The molecule has 0 radical (unpaired) electrons. The summed E-state index contributed by atoms with van der Waals surface area (Å²) in [5.41, 5.74) is 5.49. The first-order valence-electron chi connectivity index (χ1n) is 5.58. The van der Waals surface area contributed by atoms with Crippen molar-refractivity contribution in [2.45, 2.75) is 12.7 Å². The van der Waals surface area contributed by atoms with E-state index in [2.05, 4.69) is 9.72 Å². The predicted octanol–water partition coefficient (Wildman–Crippen LogP) is 1.10. The Hall–Kier alpha value is -0.900. The fourth-order valence-electron chi connectivity index (χ4n) is 1.41. The van der Waals surface area contributed by atoms with E-state index in [1.54, 1.807) is 11.1 Å². The summed E-state index contributed by atoms with van der Waals surface area (Å²) in [4.78, 5) is 6.56. The molecule has 0 unspecified atom stereocenters. The van der Waals surface area contributed by atoms with Gasteiger partial charge in [0.05, 0.1) is 13.2 Å². The highest BCUT2D eigenvalue weighted by Crippen LogP contribution is 2.17. The van der Waals surface area contributed by atoms with Crippen LogP contribution in [-0.2, 0) is 11.3 Å². The smallest absolute Gasteiger partial charge is 0.395 e. The molecule has 0 aliphatic heterocycles. The van der Waals surface area contributed by atoms with E-state index in [0.717, 1.165) is 4.88 Å². The van der Waals surface area contributed by atoms with Gasteiger partial charge in [-0.3, -0.25) is 4.90 Å². The van der Waals surface area contributed by atoms with Gasteiger partial charge in [0, 0.05) is 30.7 Å². The number of aliphatic hydroxyl groups is 1. The van der Waals surface area contributed by atoms with Crippen LogP contribution in [0.5, 0.6) is 0 Å². The number of hydrogen-bond acceptors (Lipinski definition) is 6. The van der Waals surface area contributed by atoms with E-state index in [9.17, 15) is 13.2 Å². The maximum atomic E-state index is 11.9. The second-order valence-corrected chi connectivity index (χ2v) is 4.98. The van der Waals surface area contributed by atoms with Crippen molar-refractivity contribution in [3.63, 3.8) is 0 Å². The second-order valence-electron chi connectivity index (χ2n) is 3.83. The van der Waals surface area contributed by atoms with Crippen LogP contribution in [0.4, 0.5) is 18.3 Å². The Balaban J connectivity index is 2.32. The average molecular weight is 299 g/mol. The average Bonchev–Trinajstić information content (AvgIpc) is 2.69. The number of aliphatic hydroxyl groups excluding tert-OH is 1. The molecule has 0 bridgehead atoms. The molecule has 1 aromatic rings. The summed E-state index contributed by atoms with van der Waals surface area (Å²) >= 11 is 1.31. The number of ether oxygens (including phenoxy) is 1. The Labute approximate surface area is 112 Å². The molecule has 0 aromatic carbocycles. The van der Waals surface area contributed by atoms with E-state index >= 15 is 0 Å². The molecule has 9 heteroatoms. The summed E-state index contributed by atoms with van der Waals surface area (Å²) in [6.45, 7) is -0.249. The van der Waals surface area contributed by atoms with Gasteiger partial charge in [-0.05, 0) is 0 Å². The monoisotopic (exact) mass is 299 g/mol. The molecule has 3 N–H and O–H groups in total. The van der Waals surface area contributed by atoms with Gasteiger partial charge in [-0.25, -0.2) is 4.98 Å². The normalized spacial score (nSPS) is 12.3. The summed E-state index contributed by atoms with van der Waals surface area (Å²) in [7, 11) is 0. The highest BCUT2D eigenvalue weighted by molar-refractivity contribution is 7.15. The zero-order valence-electron chi connectivity index (χ0n) is 10.2. The van der Waals surface area contributed by atoms with Crippen LogP contribution < -0.4 is 5.73 Å². The minimum absolute atomic E-state index is 0.0478. The van der Waals surface area contributed by atoms with Crippen molar-refractivity contribution in [2.75, 3.05) is 38.6 Å². The van der Waals surface area contributed by atoms with Gasteiger partial charge >= 0.3 is 6.18 Å². The van der Waals surface area contributed by atoms with Crippen molar-refractivity contribution >= 4 is 16.5 Å². The largest absolute Gasteiger partial charge is 0.411 e. The van der Waals surface area contributed by atoms with Crippen LogP contribution >= 0.6 is 11.3 Å². The number of alkyl halides is 3. The number of aromatic nitrogens is 1. The van der Waals surface area contributed by atoms with E-state index < -0.39 is 12.8 Å². The highest BCUT2D eigenvalue weighted by Gasteiger charge is 2.27. The van der Waals surface area contributed by atoms with E-state index in [1.807, 2.05) is 0 Å². The van der Waals surface area contributed by atoms with Crippen molar-refractivity contribution in [3.05, 3.63) is 11.1 Å². The van der Waals surface area contributed by atoms with Gasteiger partial charge in [0.25, 0.3) is 0 Å². The lowest BCUT2D eigenvalue weighted by molar-refractivity contribution is -0.174. The molecule has 1 heterocycles. The Morgan fingerprint density at radius 3 is 2.68 bits per heavy atom. The van der Waals surface area contributed by atoms with Crippen LogP contribution in [0.1, 0.15) is 4.88 Å². The van der Waals surface area contributed by atoms with Gasteiger partial charge in [-0.15, -0.1) is 11.3 Å². The molecular weight excluding hydrogens is 283 g/mol. The quantitative estimate of drug-likeness (QED) is 0.703. The first-order chi connectivity index (χ1) is 8.90. The molecule has 110 valence electrons. The van der Waals surface area contributed by atoms with Crippen molar-refractivity contribution in [3.8, 4) is 0 Å². The standard InChI is InChI=1S/C10H16F3N3O2S/c11-10(12,13)7-18-4-2-16(1-3-17)6-8-5-15-9(14)19-8/h5,17H,1-4,6-7H2,(H2,14,15). The summed E-state index contributed by atoms with van der Waals surface area (Å²) in [5.74, 6) is 0. The lowest BCUT2D eigenvalue weighted by atomic mass is 10.4. The number of anilines is 1. The molecule has 0 aliphatic carbocycles. The third kappa shape index (κ3) is 7.31. The molecule has 0 spiro atoms. The zero-order chi connectivity index (χ0) is 14.3. The van der Waals surface area contributed by atoms with Crippen LogP contribution in [0, 0.1) is 0 Å². The second kappa shape index (κ2) is 7.63. The summed E-state index contributed by atoms with van der Waals surface area (Å²) in [6, 6.07) is 0. The predicted molar refractivity (Wildman–Crippen MR) is 65.8 cm³/mol. The van der Waals surface area contributed by atoms with Gasteiger partial charge in [-0.1, -0.05) is 0 Å². The molecule has 5 nitrogen and oxygen atoms in total. The van der Waals surface area contributed by atoms with E-state index in [1.165, 1.54) is 11.3 Å². The number of nitrogens with zero attached hydrogens (tertiary/aromatic N) is 2. The molecule has 0 aliphatic rings. The summed E-state index contributed by atoms with van der Waals surface area (Å²) < 4.78 is 40.2. The first kappa shape index (κ1) is 16.2. The van der Waals surface area contributed by atoms with E-state index in [0.29, 0.717) is 24.8 Å². The highest BCUT2D eigenvalue weighted by atomic mass is 32.1. The van der Waals surface area contributed by atoms with Gasteiger partial charge in [0.2, 0.25) is 0 Å². The number of halogens is 3.